The van der Waals surface area contributed by atoms with Crippen molar-refractivity contribution in [3.63, 3.8) is 0 Å². The van der Waals surface area contributed by atoms with E-state index in [9.17, 15) is 9.59 Å². The lowest BCUT2D eigenvalue weighted by molar-refractivity contribution is -0.123. The molecule has 136 valence electrons. The van der Waals surface area contributed by atoms with E-state index in [0.29, 0.717) is 5.39 Å². The summed E-state index contributed by atoms with van der Waals surface area (Å²) in [6.07, 6.45) is 1.70. The third-order valence-corrected chi connectivity index (χ3v) is 4.36. The van der Waals surface area contributed by atoms with Crippen LogP contribution in [0.5, 0.6) is 0 Å². The molecular formula is C20H24N4O2. The van der Waals surface area contributed by atoms with Gasteiger partial charge in [0.1, 0.15) is 6.54 Å². The smallest absolute Gasteiger partial charge is 0.281 e. The number of amides is 1. The van der Waals surface area contributed by atoms with Gasteiger partial charge in [0.2, 0.25) is 5.91 Å². The molecule has 2 aromatic heterocycles. The Kier molecular flexibility index (Phi) is 4.44. The molecule has 0 spiro atoms. The number of carbonyl (C=O) groups is 1. The number of rotatable bonds is 3. The molecule has 1 N–H and O–H groups in total. The summed E-state index contributed by atoms with van der Waals surface area (Å²) in [4.78, 5) is 25.4. The molecule has 0 aliphatic heterocycles. The van der Waals surface area contributed by atoms with Gasteiger partial charge in [-0.3, -0.25) is 9.59 Å². The maximum Gasteiger partial charge on any atom is 0.281 e. The van der Waals surface area contributed by atoms with Crippen molar-refractivity contribution in [2.24, 2.45) is 0 Å². The SMILES string of the molecule is Cc1c2cnn(-c3ccccc3)c(=O)c2c(C)n1CC(=O)NC(C)(C)C. The van der Waals surface area contributed by atoms with E-state index in [-0.39, 0.29) is 23.6 Å². The van der Waals surface area contributed by atoms with Crippen LogP contribution in [0, 0.1) is 13.8 Å². The highest BCUT2D eigenvalue weighted by atomic mass is 16.2. The Morgan fingerprint density at radius 3 is 2.38 bits per heavy atom. The average Bonchev–Trinajstić information content (AvgIpc) is 2.80. The maximum atomic E-state index is 13.0. The van der Waals surface area contributed by atoms with Crippen LogP contribution in [0.4, 0.5) is 0 Å². The normalized spacial score (nSPS) is 11.7. The first kappa shape index (κ1) is 17.9. The molecule has 0 saturated heterocycles. The van der Waals surface area contributed by atoms with Crippen LogP contribution in [-0.2, 0) is 11.3 Å². The van der Waals surface area contributed by atoms with Crippen LogP contribution in [0.15, 0.2) is 41.3 Å². The van der Waals surface area contributed by atoms with Gasteiger partial charge in [-0.25, -0.2) is 0 Å². The fraction of sp³-hybridized carbons (Fsp3) is 0.350. The van der Waals surface area contributed by atoms with Crippen molar-refractivity contribution in [3.05, 3.63) is 58.3 Å². The summed E-state index contributed by atoms with van der Waals surface area (Å²) in [5.41, 5.74) is 1.89. The second-order valence-corrected chi connectivity index (χ2v) is 7.54. The van der Waals surface area contributed by atoms with Crippen molar-refractivity contribution in [2.45, 2.75) is 46.7 Å². The minimum atomic E-state index is -0.299. The molecule has 26 heavy (non-hydrogen) atoms. The molecule has 0 atom stereocenters. The summed E-state index contributed by atoms with van der Waals surface area (Å²) in [6.45, 7) is 9.79. The molecule has 6 heteroatoms. The number of benzene rings is 1. The van der Waals surface area contributed by atoms with Crippen LogP contribution in [0.25, 0.3) is 16.5 Å². The molecule has 0 fully saturated rings. The largest absolute Gasteiger partial charge is 0.350 e. The molecule has 0 bridgehead atoms. The molecule has 1 amide bonds. The van der Waals surface area contributed by atoms with Gasteiger partial charge in [0.25, 0.3) is 5.56 Å². The molecule has 0 aliphatic rings. The van der Waals surface area contributed by atoms with Gasteiger partial charge in [0, 0.05) is 22.3 Å². The Bertz CT molecular complexity index is 1020. The minimum absolute atomic E-state index is 0.0830. The molecule has 0 unspecified atom stereocenters. The quantitative estimate of drug-likeness (QED) is 0.788. The molecule has 0 saturated carbocycles. The second-order valence-electron chi connectivity index (χ2n) is 7.54. The highest BCUT2D eigenvalue weighted by molar-refractivity contribution is 5.88. The fourth-order valence-corrected chi connectivity index (χ4v) is 3.20. The predicted octanol–water partition coefficient (Wildman–Crippen LogP) is 2.72. The van der Waals surface area contributed by atoms with Crippen molar-refractivity contribution >= 4 is 16.7 Å². The Balaban J connectivity index is 2.10. The van der Waals surface area contributed by atoms with Crippen LogP contribution in [0.1, 0.15) is 32.2 Å². The minimum Gasteiger partial charge on any atom is -0.350 e. The van der Waals surface area contributed by atoms with Gasteiger partial charge in [-0.05, 0) is 46.8 Å². The zero-order valence-electron chi connectivity index (χ0n) is 15.8. The molecule has 1 aromatic carbocycles. The Hall–Kier alpha value is -2.89. The monoisotopic (exact) mass is 352 g/mol. The van der Waals surface area contributed by atoms with E-state index in [0.717, 1.165) is 22.5 Å². The Labute approximate surface area is 152 Å². The molecule has 0 aliphatic carbocycles. The first-order valence-electron chi connectivity index (χ1n) is 8.63. The molecular weight excluding hydrogens is 328 g/mol. The summed E-state index contributed by atoms with van der Waals surface area (Å²) < 4.78 is 3.28. The lowest BCUT2D eigenvalue weighted by Gasteiger charge is -2.21. The number of aryl methyl sites for hydroxylation is 2. The van der Waals surface area contributed by atoms with Gasteiger partial charge in [-0.2, -0.15) is 9.78 Å². The van der Waals surface area contributed by atoms with Gasteiger partial charge in [-0.15, -0.1) is 0 Å². The Morgan fingerprint density at radius 2 is 1.77 bits per heavy atom. The van der Waals surface area contributed by atoms with Crippen LogP contribution >= 0.6 is 0 Å². The van der Waals surface area contributed by atoms with Crippen LogP contribution < -0.4 is 10.9 Å². The summed E-state index contributed by atoms with van der Waals surface area (Å²) in [5, 5.41) is 8.66. The third kappa shape index (κ3) is 3.27. The number of aromatic nitrogens is 3. The summed E-state index contributed by atoms with van der Waals surface area (Å²) >= 11 is 0. The zero-order chi connectivity index (χ0) is 19.1. The van der Waals surface area contributed by atoms with Gasteiger partial charge in [0.05, 0.1) is 17.3 Å². The van der Waals surface area contributed by atoms with E-state index in [1.165, 1.54) is 4.68 Å². The average molecular weight is 352 g/mol. The van der Waals surface area contributed by atoms with Gasteiger partial charge in [0.15, 0.2) is 0 Å². The second kappa shape index (κ2) is 6.44. The number of nitrogens with one attached hydrogen (secondary N) is 1. The highest BCUT2D eigenvalue weighted by Crippen LogP contribution is 2.22. The van der Waals surface area contributed by atoms with E-state index in [2.05, 4.69) is 10.4 Å². The number of para-hydroxylation sites is 1. The van der Waals surface area contributed by atoms with E-state index in [1.807, 2.05) is 69.5 Å². The number of fused-ring (bicyclic) bond motifs is 1. The highest BCUT2D eigenvalue weighted by Gasteiger charge is 2.20. The van der Waals surface area contributed by atoms with Crippen molar-refractivity contribution in [1.29, 1.82) is 0 Å². The van der Waals surface area contributed by atoms with Crippen LogP contribution in [0.3, 0.4) is 0 Å². The van der Waals surface area contributed by atoms with Gasteiger partial charge in [-0.1, -0.05) is 18.2 Å². The molecule has 3 aromatic rings. The maximum absolute atomic E-state index is 13.0. The van der Waals surface area contributed by atoms with E-state index < -0.39 is 0 Å². The first-order chi connectivity index (χ1) is 12.2. The number of nitrogens with zero attached hydrogens (tertiary/aromatic N) is 3. The Morgan fingerprint density at radius 1 is 1.12 bits per heavy atom. The number of hydrogen-bond acceptors (Lipinski definition) is 3. The van der Waals surface area contributed by atoms with E-state index >= 15 is 0 Å². The van der Waals surface area contributed by atoms with Gasteiger partial charge < -0.3 is 9.88 Å². The number of carbonyl (C=O) groups excluding carboxylic acids is 1. The standard InChI is InChI=1S/C20H24N4O2/c1-13-16-11-21-24(15-9-7-6-8-10-15)19(26)18(16)14(2)23(13)12-17(25)22-20(3,4)5/h6-11H,12H2,1-5H3,(H,22,25). The third-order valence-electron chi connectivity index (χ3n) is 4.36. The lowest BCUT2D eigenvalue weighted by atomic mass is 10.1. The van der Waals surface area contributed by atoms with Gasteiger partial charge >= 0.3 is 0 Å². The fourth-order valence-electron chi connectivity index (χ4n) is 3.20. The zero-order valence-corrected chi connectivity index (χ0v) is 15.8. The topological polar surface area (TPSA) is 68.9 Å². The summed E-state index contributed by atoms with van der Waals surface area (Å²) in [5.74, 6) is -0.0830. The first-order valence-corrected chi connectivity index (χ1v) is 8.63. The lowest BCUT2D eigenvalue weighted by Crippen LogP contribution is -2.42. The van der Waals surface area contributed by atoms with Crippen LogP contribution in [0.2, 0.25) is 0 Å². The van der Waals surface area contributed by atoms with Crippen molar-refractivity contribution < 1.29 is 4.79 Å². The van der Waals surface area contributed by atoms with Crippen molar-refractivity contribution in [2.75, 3.05) is 0 Å². The molecule has 6 nitrogen and oxygen atoms in total. The number of hydrogen-bond donors (Lipinski definition) is 1. The summed E-state index contributed by atoms with van der Waals surface area (Å²) in [7, 11) is 0. The molecule has 2 heterocycles. The predicted molar refractivity (Wildman–Crippen MR) is 103 cm³/mol. The summed E-state index contributed by atoms with van der Waals surface area (Å²) in [6, 6.07) is 9.32. The van der Waals surface area contributed by atoms with Crippen molar-refractivity contribution in [3.8, 4) is 5.69 Å². The molecule has 3 rings (SSSR count). The van der Waals surface area contributed by atoms with E-state index in [4.69, 9.17) is 0 Å². The van der Waals surface area contributed by atoms with Crippen LogP contribution in [-0.4, -0.2) is 25.8 Å². The van der Waals surface area contributed by atoms with E-state index in [1.54, 1.807) is 6.20 Å². The van der Waals surface area contributed by atoms with Crippen molar-refractivity contribution in [1.82, 2.24) is 19.7 Å². The molecule has 0 radical (unpaired) electrons.